The molecule has 0 radical (unpaired) electrons. The maximum atomic E-state index is 13.1. The number of anilines is 1. The van der Waals surface area contributed by atoms with E-state index in [1.807, 2.05) is 23.6 Å². The monoisotopic (exact) mass is 519 g/mol. The Morgan fingerprint density at radius 3 is 2.17 bits per heavy atom. The molecule has 1 amide bonds. The van der Waals surface area contributed by atoms with Gasteiger partial charge in [-0.05, 0) is 51.4 Å². The molecule has 10 heteroatoms. The van der Waals surface area contributed by atoms with Crippen LogP contribution < -0.4 is 4.90 Å². The van der Waals surface area contributed by atoms with E-state index in [4.69, 9.17) is 4.74 Å². The van der Waals surface area contributed by atoms with Crippen molar-refractivity contribution in [3.63, 3.8) is 0 Å². The quantitative estimate of drug-likeness (QED) is 0.585. The number of amides is 1. The van der Waals surface area contributed by atoms with E-state index in [1.165, 1.54) is 44.6 Å². The normalized spacial score (nSPS) is 31.1. The number of nitrogens with zero attached hydrogens (tertiary/aromatic N) is 5. The standard InChI is InChI=1S/C26H41N5O4S/c1-18-5-7-21(8-6-18)15-29-16-26(17-29)9-22(10-26)35-25(32)31-19(2)13-30(14-20(31)3)24-27-11-23(12-28-24)36(4,33)34/h11-12,18-22H,5-10,13-17H2,1-4H3/t18?,19-,20+,21?. The van der Waals surface area contributed by atoms with Gasteiger partial charge in [0.25, 0.3) is 0 Å². The topological polar surface area (TPSA) is 95.9 Å². The van der Waals surface area contributed by atoms with Gasteiger partial charge in [0, 0.05) is 44.4 Å². The van der Waals surface area contributed by atoms with Gasteiger partial charge >= 0.3 is 6.09 Å². The number of carbonyl (C=O) groups is 1. The number of sulfone groups is 1. The average molecular weight is 520 g/mol. The Kier molecular flexibility index (Phi) is 6.95. The highest BCUT2D eigenvalue weighted by atomic mass is 32.2. The Labute approximate surface area is 215 Å². The number of aromatic nitrogens is 2. The molecule has 2 aliphatic heterocycles. The number of piperazine rings is 1. The molecule has 2 atom stereocenters. The van der Waals surface area contributed by atoms with Gasteiger partial charge in [-0.1, -0.05) is 19.8 Å². The Hall–Kier alpha value is -1.94. The van der Waals surface area contributed by atoms with Crippen molar-refractivity contribution in [1.82, 2.24) is 19.8 Å². The molecule has 0 aromatic carbocycles. The van der Waals surface area contributed by atoms with Crippen LogP contribution in [-0.4, -0.2) is 91.4 Å². The second-order valence-corrected chi connectivity index (χ2v) is 14.2. The van der Waals surface area contributed by atoms with Crippen LogP contribution in [0.15, 0.2) is 17.3 Å². The summed E-state index contributed by atoms with van der Waals surface area (Å²) in [6, 6.07) is -0.128. The third kappa shape index (κ3) is 5.35. The second-order valence-electron chi connectivity index (χ2n) is 12.2. The Morgan fingerprint density at radius 2 is 1.61 bits per heavy atom. The predicted molar refractivity (Wildman–Crippen MR) is 138 cm³/mol. The van der Waals surface area contributed by atoms with Crippen LogP contribution in [0.1, 0.15) is 59.3 Å². The van der Waals surface area contributed by atoms with E-state index < -0.39 is 9.84 Å². The molecular formula is C26H41N5O4S. The Morgan fingerprint density at radius 1 is 1.03 bits per heavy atom. The molecule has 4 fully saturated rings. The van der Waals surface area contributed by atoms with Crippen molar-refractivity contribution in [1.29, 1.82) is 0 Å². The summed E-state index contributed by atoms with van der Waals surface area (Å²) in [5.74, 6) is 2.26. The van der Waals surface area contributed by atoms with Gasteiger partial charge in [0.1, 0.15) is 11.0 Å². The molecule has 2 aliphatic carbocycles. The van der Waals surface area contributed by atoms with Crippen LogP contribution in [-0.2, 0) is 14.6 Å². The first-order valence-corrected chi connectivity index (χ1v) is 15.4. The smallest absolute Gasteiger partial charge is 0.410 e. The molecule has 2 saturated carbocycles. The van der Waals surface area contributed by atoms with E-state index in [1.54, 1.807) is 0 Å². The fourth-order valence-electron chi connectivity index (χ4n) is 6.87. The van der Waals surface area contributed by atoms with Crippen molar-refractivity contribution in [2.45, 2.75) is 82.4 Å². The molecule has 0 unspecified atom stereocenters. The fourth-order valence-corrected chi connectivity index (χ4v) is 7.36. The summed E-state index contributed by atoms with van der Waals surface area (Å²) in [6.45, 7) is 11.1. The minimum absolute atomic E-state index is 0.0273. The van der Waals surface area contributed by atoms with Crippen LogP contribution in [0, 0.1) is 17.3 Å². The minimum Gasteiger partial charge on any atom is -0.446 e. The summed E-state index contributed by atoms with van der Waals surface area (Å²) >= 11 is 0. The second kappa shape index (κ2) is 9.74. The van der Waals surface area contributed by atoms with Gasteiger partial charge < -0.3 is 14.5 Å². The average Bonchev–Trinajstić information content (AvgIpc) is 2.76. The molecule has 3 heterocycles. The van der Waals surface area contributed by atoms with Gasteiger partial charge in [0.2, 0.25) is 5.95 Å². The lowest BCUT2D eigenvalue weighted by atomic mass is 9.61. The van der Waals surface area contributed by atoms with Crippen molar-refractivity contribution in [2.24, 2.45) is 17.3 Å². The Bertz CT molecular complexity index is 1030. The van der Waals surface area contributed by atoms with Crippen molar-refractivity contribution in [2.75, 3.05) is 43.9 Å². The summed E-state index contributed by atoms with van der Waals surface area (Å²) in [7, 11) is -3.33. The van der Waals surface area contributed by atoms with Gasteiger partial charge in [0.05, 0.1) is 24.5 Å². The zero-order valence-corrected chi connectivity index (χ0v) is 22.9. The van der Waals surface area contributed by atoms with Crippen LogP contribution in [0.5, 0.6) is 0 Å². The highest BCUT2D eigenvalue weighted by Gasteiger charge is 2.54. The lowest BCUT2D eigenvalue weighted by Crippen LogP contribution is -2.65. The van der Waals surface area contributed by atoms with Gasteiger partial charge in [-0.15, -0.1) is 0 Å². The van der Waals surface area contributed by atoms with E-state index in [-0.39, 0.29) is 29.2 Å². The summed E-state index contributed by atoms with van der Waals surface area (Å²) in [6.07, 6.45) is 11.1. The number of carbonyl (C=O) groups excluding carboxylic acids is 1. The van der Waals surface area contributed by atoms with Crippen LogP contribution in [0.4, 0.5) is 10.7 Å². The van der Waals surface area contributed by atoms with Crippen molar-refractivity contribution >= 4 is 21.9 Å². The zero-order chi connectivity index (χ0) is 25.7. The van der Waals surface area contributed by atoms with E-state index in [2.05, 4.69) is 21.8 Å². The first kappa shape index (κ1) is 25.7. The summed E-state index contributed by atoms with van der Waals surface area (Å²) in [5.41, 5.74) is 0.373. The summed E-state index contributed by atoms with van der Waals surface area (Å²) < 4.78 is 29.3. The van der Waals surface area contributed by atoms with Crippen molar-refractivity contribution < 1.29 is 17.9 Å². The summed E-state index contributed by atoms with van der Waals surface area (Å²) in [4.78, 5) is 28.1. The van der Waals surface area contributed by atoms with Crippen LogP contribution in [0.3, 0.4) is 0 Å². The first-order valence-electron chi connectivity index (χ1n) is 13.5. The maximum Gasteiger partial charge on any atom is 0.410 e. The first-order chi connectivity index (χ1) is 17.0. The van der Waals surface area contributed by atoms with Gasteiger partial charge in [-0.2, -0.15) is 0 Å². The lowest BCUT2D eigenvalue weighted by molar-refractivity contribution is -0.139. The third-order valence-electron chi connectivity index (χ3n) is 8.81. The predicted octanol–water partition coefficient (Wildman–Crippen LogP) is 3.21. The largest absolute Gasteiger partial charge is 0.446 e. The number of likely N-dealkylation sites (tertiary alicyclic amines) is 1. The van der Waals surface area contributed by atoms with Crippen molar-refractivity contribution in [3.05, 3.63) is 12.4 Å². The SMILES string of the molecule is CC1CCC(CN2CC3(CC(OC(=O)N4[C@H](C)CN(c5ncc(S(C)(=O)=O)cn5)C[C@@H]4C)C3)C2)CC1. The van der Waals surface area contributed by atoms with Crippen LogP contribution in [0.2, 0.25) is 0 Å². The number of hydrogen-bond donors (Lipinski definition) is 0. The number of ether oxygens (including phenoxy) is 1. The molecule has 1 spiro atoms. The minimum atomic E-state index is -3.33. The molecule has 2 saturated heterocycles. The lowest BCUT2D eigenvalue weighted by Gasteiger charge is -2.59. The van der Waals surface area contributed by atoms with E-state index >= 15 is 0 Å². The fraction of sp³-hybridized carbons (Fsp3) is 0.808. The van der Waals surface area contributed by atoms with Gasteiger partial charge in [-0.25, -0.2) is 23.2 Å². The molecule has 9 nitrogen and oxygen atoms in total. The molecule has 4 aliphatic rings. The third-order valence-corrected chi connectivity index (χ3v) is 9.88. The molecule has 1 aromatic rings. The highest BCUT2D eigenvalue weighted by molar-refractivity contribution is 7.90. The van der Waals surface area contributed by atoms with Crippen molar-refractivity contribution in [3.8, 4) is 0 Å². The molecule has 0 N–H and O–H groups in total. The van der Waals surface area contributed by atoms with Crippen LogP contribution in [0.25, 0.3) is 0 Å². The van der Waals surface area contributed by atoms with Crippen LogP contribution >= 0.6 is 0 Å². The summed E-state index contributed by atoms with van der Waals surface area (Å²) in [5, 5.41) is 0. The van der Waals surface area contributed by atoms with E-state index in [9.17, 15) is 13.2 Å². The number of hydrogen-bond acceptors (Lipinski definition) is 8. The molecule has 200 valence electrons. The van der Waals surface area contributed by atoms with Gasteiger partial charge in [-0.3, -0.25) is 4.90 Å². The maximum absolute atomic E-state index is 13.1. The molecule has 1 aromatic heterocycles. The number of rotatable bonds is 5. The molecule has 0 bridgehead atoms. The highest BCUT2D eigenvalue weighted by Crippen LogP contribution is 2.50. The molecule has 36 heavy (non-hydrogen) atoms. The molecular weight excluding hydrogens is 478 g/mol. The Balaban J connectivity index is 1.07. The van der Waals surface area contributed by atoms with E-state index in [0.29, 0.717) is 24.5 Å². The van der Waals surface area contributed by atoms with E-state index in [0.717, 1.165) is 44.0 Å². The molecule has 5 rings (SSSR count). The van der Waals surface area contributed by atoms with Gasteiger partial charge in [0.15, 0.2) is 9.84 Å². The zero-order valence-electron chi connectivity index (χ0n) is 22.1.